The molecule has 0 spiro atoms. The van der Waals surface area contributed by atoms with Gasteiger partial charge in [0.25, 0.3) is 0 Å². The van der Waals surface area contributed by atoms with Crippen molar-refractivity contribution in [2.45, 2.75) is 25.2 Å². The molecule has 0 aromatic heterocycles. The summed E-state index contributed by atoms with van der Waals surface area (Å²) in [5.74, 6) is 0.688. The summed E-state index contributed by atoms with van der Waals surface area (Å²) in [7, 11) is 0. The van der Waals surface area contributed by atoms with Crippen LogP contribution in [0.25, 0.3) is 0 Å². The van der Waals surface area contributed by atoms with Crippen LogP contribution in [0.5, 0.6) is 0 Å². The third-order valence-electron chi connectivity index (χ3n) is 4.62. The largest absolute Gasteiger partial charge is 0.321 e. The maximum absolute atomic E-state index is 13.0. The first-order chi connectivity index (χ1) is 11.7. The quantitative estimate of drug-likeness (QED) is 0.804. The predicted molar refractivity (Wildman–Crippen MR) is 94.4 cm³/mol. The van der Waals surface area contributed by atoms with Crippen molar-refractivity contribution in [3.8, 4) is 0 Å². The van der Waals surface area contributed by atoms with E-state index in [1.807, 2.05) is 65.6 Å². The van der Waals surface area contributed by atoms with Crippen LogP contribution >= 0.6 is 11.8 Å². The molecule has 2 amide bonds. The molecule has 0 radical (unpaired) electrons. The number of carbonyl (C=O) groups excluding carboxylic acids is 2. The second-order valence-corrected chi connectivity index (χ2v) is 7.18. The monoisotopic (exact) mass is 338 g/mol. The van der Waals surface area contributed by atoms with E-state index in [2.05, 4.69) is 0 Å². The molecule has 4 rings (SSSR count). The van der Waals surface area contributed by atoms with Gasteiger partial charge in [-0.15, -0.1) is 0 Å². The molecule has 122 valence electrons. The van der Waals surface area contributed by atoms with Gasteiger partial charge in [-0.1, -0.05) is 72.4 Å². The summed E-state index contributed by atoms with van der Waals surface area (Å²) in [4.78, 5) is 28.9. The molecule has 5 heteroatoms. The highest BCUT2D eigenvalue weighted by Crippen LogP contribution is 2.37. The predicted octanol–water partition coefficient (Wildman–Crippen LogP) is 3.14. The summed E-state index contributed by atoms with van der Waals surface area (Å²) >= 11 is 1.35. The number of nitrogens with zero attached hydrogens (tertiary/aromatic N) is 2. The van der Waals surface area contributed by atoms with E-state index in [0.717, 1.165) is 11.1 Å². The molecule has 2 fully saturated rings. The van der Waals surface area contributed by atoms with Crippen LogP contribution in [0.1, 0.15) is 11.1 Å². The smallest absolute Gasteiger partial charge is 0.314 e. The van der Waals surface area contributed by atoms with E-state index in [-0.39, 0.29) is 23.2 Å². The van der Waals surface area contributed by atoms with E-state index < -0.39 is 0 Å². The maximum Gasteiger partial charge on any atom is 0.321 e. The maximum atomic E-state index is 13.0. The van der Waals surface area contributed by atoms with E-state index in [1.165, 1.54) is 11.8 Å². The van der Waals surface area contributed by atoms with Crippen molar-refractivity contribution >= 4 is 22.9 Å². The van der Waals surface area contributed by atoms with Crippen LogP contribution in [0.3, 0.4) is 0 Å². The van der Waals surface area contributed by atoms with E-state index in [4.69, 9.17) is 0 Å². The van der Waals surface area contributed by atoms with Crippen LogP contribution in [0.2, 0.25) is 0 Å². The molecule has 2 aliphatic rings. The van der Waals surface area contributed by atoms with Crippen LogP contribution < -0.4 is 0 Å². The van der Waals surface area contributed by atoms with Crippen LogP contribution in [-0.4, -0.2) is 38.8 Å². The molecule has 0 N–H and O–H groups in total. The van der Waals surface area contributed by atoms with Crippen molar-refractivity contribution in [2.75, 3.05) is 5.75 Å². The number of fused-ring (bicyclic) bond motifs is 1. The SMILES string of the molecule is O=C1SC[C@H]2[C@H]1N(Cc1ccccc1)C(=O)N2Cc1ccccc1. The van der Waals surface area contributed by atoms with Crippen LogP contribution in [0.15, 0.2) is 60.7 Å². The first-order valence-electron chi connectivity index (χ1n) is 8.06. The first-order valence-corrected chi connectivity index (χ1v) is 9.04. The molecule has 2 atom stereocenters. The van der Waals surface area contributed by atoms with Gasteiger partial charge in [-0.3, -0.25) is 4.79 Å². The molecule has 2 aromatic rings. The Kier molecular flexibility index (Phi) is 4.02. The van der Waals surface area contributed by atoms with Gasteiger partial charge in [-0.2, -0.15) is 0 Å². The van der Waals surface area contributed by atoms with Crippen molar-refractivity contribution in [3.05, 3.63) is 71.8 Å². The minimum absolute atomic E-state index is 0.0288. The summed E-state index contributed by atoms with van der Waals surface area (Å²) in [5.41, 5.74) is 2.14. The average molecular weight is 338 g/mol. The van der Waals surface area contributed by atoms with E-state index in [1.54, 1.807) is 4.90 Å². The molecular weight excluding hydrogens is 320 g/mol. The van der Waals surface area contributed by atoms with E-state index in [0.29, 0.717) is 18.8 Å². The number of hydrogen-bond acceptors (Lipinski definition) is 3. The number of benzene rings is 2. The summed E-state index contributed by atoms with van der Waals surface area (Å²) in [5, 5.41) is 0.111. The van der Waals surface area contributed by atoms with Gasteiger partial charge in [0.05, 0.1) is 6.04 Å². The Morgan fingerprint density at radius 2 is 1.38 bits per heavy atom. The Bertz CT molecular complexity index is 750. The minimum atomic E-state index is -0.327. The lowest BCUT2D eigenvalue weighted by molar-refractivity contribution is -0.114. The zero-order valence-electron chi connectivity index (χ0n) is 13.2. The lowest BCUT2D eigenvalue weighted by atomic mass is 10.1. The fraction of sp³-hybridized carbons (Fsp3) is 0.263. The van der Waals surface area contributed by atoms with Crippen molar-refractivity contribution in [1.29, 1.82) is 0 Å². The van der Waals surface area contributed by atoms with Gasteiger partial charge in [0.1, 0.15) is 6.04 Å². The van der Waals surface area contributed by atoms with E-state index in [9.17, 15) is 9.59 Å². The normalized spacial score (nSPS) is 23.0. The molecule has 2 aliphatic heterocycles. The Balaban J connectivity index is 1.60. The van der Waals surface area contributed by atoms with Crippen LogP contribution in [-0.2, 0) is 17.9 Å². The molecule has 24 heavy (non-hydrogen) atoms. The Labute approximate surface area is 145 Å². The summed E-state index contributed by atoms with van der Waals surface area (Å²) < 4.78 is 0. The third kappa shape index (κ3) is 2.69. The highest BCUT2D eigenvalue weighted by atomic mass is 32.2. The van der Waals surface area contributed by atoms with E-state index >= 15 is 0 Å². The van der Waals surface area contributed by atoms with Crippen molar-refractivity contribution < 1.29 is 9.59 Å². The van der Waals surface area contributed by atoms with Gasteiger partial charge in [0.15, 0.2) is 0 Å². The van der Waals surface area contributed by atoms with Crippen molar-refractivity contribution in [2.24, 2.45) is 0 Å². The van der Waals surface area contributed by atoms with Gasteiger partial charge in [-0.25, -0.2) is 4.79 Å². The minimum Gasteiger partial charge on any atom is -0.314 e. The molecule has 2 aromatic carbocycles. The fourth-order valence-corrected chi connectivity index (χ4v) is 4.59. The van der Waals surface area contributed by atoms with Crippen LogP contribution in [0, 0.1) is 0 Å². The number of hydrogen-bond donors (Lipinski definition) is 0. The number of amides is 2. The average Bonchev–Trinajstić information content (AvgIpc) is 3.11. The van der Waals surface area contributed by atoms with Crippen molar-refractivity contribution in [3.63, 3.8) is 0 Å². The van der Waals surface area contributed by atoms with Gasteiger partial charge in [0.2, 0.25) is 5.12 Å². The number of carbonyl (C=O) groups is 2. The Morgan fingerprint density at radius 3 is 1.96 bits per heavy atom. The molecule has 0 aliphatic carbocycles. The molecule has 0 unspecified atom stereocenters. The van der Waals surface area contributed by atoms with Crippen molar-refractivity contribution in [1.82, 2.24) is 9.80 Å². The Morgan fingerprint density at radius 1 is 0.833 bits per heavy atom. The molecular formula is C19H18N2O2S. The zero-order chi connectivity index (χ0) is 16.5. The summed E-state index contributed by atoms with van der Waals surface area (Å²) in [6.45, 7) is 1.04. The lowest BCUT2D eigenvalue weighted by Crippen LogP contribution is -2.38. The number of thioether (sulfide) groups is 1. The topological polar surface area (TPSA) is 40.6 Å². The van der Waals surface area contributed by atoms with Gasteiger partial charge < -0.3 is 9.80 Å². The summed E-state index contributed by atoms with van der Waals surface area (Å²) in [6, 6.07) is 19.4. The van der Waals surface area contributed by atoms with Gasteiger partial charge >= 0.3 is 6.03 Å². The fourth-order valence-electron chi connectivity index (χ4n) is 3.43. The Hall–Kier alpha value is -2.27. The lowest BCUT2D eigenvalue weighted by Gasteiger charge is -2.22. The highest BCUT2D eigenvalue weighted by molar-refractivity contribution is 8.14. The number of urea groups is 1. The van der Waals surface area contributed by atoms with Gasteiger partial charge in [0, 0.05) is 18.8 Å². The highest BCUT2D eigenvalue weighted by Gasteiger charge is 2.52. The molecule has 2 heterocycles. The standard InChI is InChI=1S/C19H18N2O2S/c22-18-17-16(13-24-18)20(11-14-7-3-1-4-8-14)19(23)21(17)12-15-9-5-2-6-10-15/h1-10,16-17H,11-13H2/t16-,17+/m0/s1. The third-order valence-corrected chi connectivity index (χ3v) is 5.66. The molecule has 0 bridgehead atoms. The molecule has 2 saturated heterocycles. The van der Waals surface area contributed by atoms with Gasteiger partial charge in [-0.05, 0) is 11.1 Å². The molecule has 4 nitrogen and oxygen atoms in total. The van der Waals surface area contributed by atoms with Crippen LogP contribution in [0.4, 0.5) is 4.79 Å². The second kappa shape index (κ2) is 6.32. The zero-order valence-corrected chi connectivity index (χ0v) is 14.0. The molecule has 0 saturated carbocycles. The first kappa shape index (κ1) is 15.3. The summed E-state index contributed by atoms with van der Waals surface area (Å²) in [6.07, 6.45) is 0. The second-order valence-electron chi connectivity index (χ2n) is 6.15. The number of rotatable bonds is 4.